The Bertz CT molecular complexity index is 1180. The van der Waals surface area contributed by atoms with Crippen LogP contribution in [-0.2, 0) is 19.3 Å². The monoisotopic (exact) mass is 469 g/mol. The maximum Gasteiger partial charge on any atom is 0.416 e. The Balaban J connectivity index is 1.20. The summed E-state index contributed by atoms with van der Waals surface area (Å²) in [5, 5.41) is 7.63. The molecule has 0 radical (unpaired) electrons. The van der Waals surface area contributed by atoms with Gasteiger partial charge in [-0.1, -0.05) is 18.2 Å². The molecule has 178 valence electrons. The van der Waals surface area contributed by atoms with Gasteiger partial charge in [-0.25, -0.2) is 9.48 Å². The van der Waals surface area contributed by atoms with Crippen LogP contribution in [-0.4, -0.2) is 44.7 Å². The fourth-order valence-corrected chi connectivity index (χ4v) is 4.71. The van der Waals surface area contributed by atoms with Crippen LogP contribution in [0.5, 0.6) is 0 Å². The first-order valence-corrected chi connectivity index (χ1v) is 11.4. The highest BCUT2D eigenvalue weighted by molar-refractivity contribution is 5.92. The molecule has 2 aromatic carbocycles. The van der Waals surface area contributed by atoms with E-state index in [1.807, 2.05) is 42.3 Å². The normalized spacial score (nSPS) is 17.5. The molecule has 1 saturated heterocycles. The topological polar surface area (TPSA) is 53.4 Å². The summed E-state index contributed by atoms with van der Waals surface area (Å²) in [6, 6.07) is 13.1. The van der Waals surface area contributed by atoms with Crippen LogP contribution in [0.15, 0.2) is 54.7 Å². The highest BCUT2D eigenvalue weighted by Crippen LogP contribution is 2.30. The number of nitrogens with one attached hydrogen (secondary N) is 1. The summed E-state index contributed by atoms with van der Waals surface area (Å²) < 4.78 is 40.1. The minimum absolute atomic E-state index is 0.0386. The fraction of sp³-hybridized carbons (Fsp3) is 0.360. The summed E-state index contributed by atoms with van der Waals surface area (Å²) in [7, 11) is 0. The quantitative estimate of drug-likeness (QED) is 0.571. The van der Waals surface area contributed by atoms with Crippen LogP contribution in [0.4, 0.5) is 23.7 Å². The second kappa shape index (κ2) is 8.79. The number of nitrogens with zero attached hydrogens (tertiary/aromatic N) is 4. The number of para-hydroxylation sites is 1. The van der Waals surface area contributed by atoms with E-state index < -0.39 is 11.7 Å². The van der Waals surface area contributed by atoms with Gasteiger partial charge < -0.3 is 10.2 Å². The van der Waals surface area contributed by atoms with Crippen molar-refractivity contribution in [1.82, 2.24) is 19.6 Å². The summed E-state index contributed by atoms with van der Waals surface area (Å²) in [5.74, 6) is 0. The van der Waals surface area contributed by atoms with Crippen LogP contribution in [0, 0.1) is 6.92 Å². The number of benzene rings is 2. The van der Waals surface area contributed by atoms with Gasteiger partial charge in [0.15, 0.2) is 0 Å². The number of hydrogen-bond acceptors (Lipinski definition) is 3. The Morgan fingerprint density at radius 1 is 1.06 bits per heavy atom. The number of rotatable bonds is 4. The number of halogens is 3. The average molecular weight is 470 g/mol. The van der Waals surface area contributed by atoms with E-state index in [1.54, 1.807) is 4.68 Å². The van der Waals surface area contributed by atoms with E-state index in [1.165, 1.54) is 12.1 Å². The molecule has 1 fully saturated rings. The highest BCUT2D eigenvalue weighted by atomic mass is 19.4. The van der Waals surface area contributed by atoms with Crippen molar-refractivity contribution in [2.24, 2.45) is 0 Å². The molecule has 0 atom stereocenters. The number of aromatic nitrogens is 2. The molecule has 2 aliphatic heterocycles. The third-order valence-corrected chi connectivity index (χ3v) is 6.69. The molecule has 34 heavy (non-hydrogen) atoms. The molecule has 2 aliphatic rings. The average Bonchev–Trinajstić information content (AvgIpc) is 3.19. The molecule has 0 spiro atoms. The molecule has 3 aromatic rings. The largest absolute Gasteiger partial charge is 0.416 e. The third-order valence-electron chi connectivity index (χ3n) is 6.69. The zero-order chi connectivity index (χ0) is 23.9. The maximum atomic E-state index is 12.8. The molecule has 5 rings (SSSR count). The second-order valence-corrected chi connectivity index (χ2v) is 8.97. The number of alkyl halides is 3. The predicted octanol–water partition coefficient (Wildman–Crippen LogP) is 5.21. The minimum Gasteiger partial charge on any atom is -0.317 e. The summed E-state index contributed by atoms with van der Waals surface area (Å²) in [6.45, 7) is 4.96. The lowest BCUT2D eigenvalue weighted by Gasteiger charge is -2.40. The molecule has 1 N–H and O–H groups in total. The highest BCUT2D eigenvalue weighted by Gasteiger charge is 2.32. The van der Waals surface area contributed by atoms with Crippen molar-refractivity contribution in [3.63, 3.8) is 0 Å². The van der Waals surface area contributed by atoms with Crippen LogP contribution in [0.1, 0.15) is 35.2 Å². The lowest BCUT2D eigenvalue weighted by molar-refractivity contribution is -0.137. The molecule has 1 aromatic heterocycles. The van der Waals surface area contributed by atoms with Crippen molar-refractivity contribution in [2.45, 2.75) is 45.1 Å². The zero-order valence-electron chi connectivity index (χ0n) is 18.8. The van der Waals surface area contributed by atoms with Gasteiger partial charge in [-0.15, -0.1) is 0 Å². The van der Waals surface area contributed by atoms with Gasteiger partial charge in [0.2, 0.25) is 0 Å². The van der Waals surface area contributed by atoms with Crippen molar-refractivity contribution in [2.75, 3.05) is 18.4 Å². The number of anilines is 1. The number of carbonyl (C=O) groups excluding carboxylic acids is 1. The summed E-state index contributed by atoms with van der Waals surface area (Å²) in [5.41, 5.74) is 3.85. The van der Waals surface area contributed by atoms with Gasteiger partial charge in [0.1, 0.15) is 0 Å². The van der Waals surface area contributed by atoms with Gasteiger partial charge in [0.25, 0.3) is 0 Å². The summed E-state index contributed by atoms with van der Waals surface area (Å²) >= 11 is 0. The molecule has 0 bridgehead atoms. The van der Waals surface area contributed by atoms with Crippen LogP contribution in [0.2, 0.25) is 0 Å². The van der Waals surface area contributed by atoms with Crippen LogP contribution in [0.3, 0.4) is 0 Å². The molecule has 0 aliphatic carbocycles. The zero-order valence-corrected chi connectivity index (χ0v) is 18.8. The van der Waals surface area contributed by atoms with Crippen molar-refractivity contribution >= 4 is 11.7 Å². The number of aryl methyl sites for hydroxylation is 1. The van der Waals surface area contributed by atoms with Gasteiger partial charge >= 0.3 is 12.2 Å². The SMILES string of the molecule is Cc1cn(-c2ccc(C(F)(F)F)cc2)nc1CN1CCC(N2Cc3ccccc3NC2=O)CC1. The molecule has 3 heterocycles. The van der Waals surface area contributed by atoms with E-state index in [0.29, 0.717) is 18.8 Å². The van der Waals surface area contributed by atoms with E-state index in [2.05, 4.69) is 15.3 Å². The third kappa shape index (κ3) is 4.52. The molecule has 0 unspecified atom stereocenters. The standard InChI is InChI=1S/C25H26F3N5O/c1-17-14-33(21-8-6-19(7-9-21)25(26,27)28)30-23(17)16-31-12-10-20(11-13-31)32-15-18-4-2-3-5-22(18)29-24(32)34/h2-9,14,20H,10-13,15-16H2,1H3,(H,29,34). The Morgan fingerprint density at radius 3 is 2.47 bits per heavy atom. The van der Waals surface area contributed by atoms with Gasteiger partial charge in [0, 0.05) is 44.1 Å². The smallest absolute Gasteiger partial charge is 0.317 e. The van der Waals surface area contributed by atoms with Crippen molar-refractivity contribution in [1.29, 1.82) is 0 Å². The number of piperidine rings is 1. The van der Waals surface area contributed by atoms with Crippen LogP contribution in [0.25, 0.3) is 5.69 Å². The van der Waals surface area contributed by atoms with Crippen molar-refractivity contribution in [3.05, 3.63) is 77.1 Å². The van der Waals surface area contributed by atoms with Crippen molar-refractivity contribution < 1.29 is 18.0 Å². The Labute approximate surface area is 196 Å². The molecule has 0 saturated carbocycles. The van der Waals surface area contributed by atoms with E-state index in [0.717, 1.165) is 60.6 Å². The van der Waals surface area contributed by atoms with Gasteiger partial charge in [-0.2, -0.15) is 18.3 Å². The Kier molecular flexibility index (Phi) is 5.81. The lowest BCUT2D eigenvalue weighted by Crippen LogP contribution is -2.50. The lowest BCUT2D eigenvalue weighted by atomic mass is 10.0. The first-order chi connectivity index (χ1) is 16.3. The van der Waals surface area contributed by atoms with Gasteiger partial charge in [-0.3, -0.25) is 4.90 Å². The fourth-order valence-electron chi connectivity index (χ4n) is 4.71. The number of carbonyl (C=O) groups is 1. The van der Waals surface area contributed by atoms with E-state index >= 15 is 0 Å². The van der Waals surface area contributed by atoms with Crippen molar-refractivity contribution in [3.8, 4) is 5.69 Å². The van der Waals surface area contributed by atoms with Crippen LogP contribution < -0.4 is 5.32 Å². The molecule has 2 amide bonds. The summed E-state index contributed by atoms with van der Waals surface area (Å²) in [6.07, 6.45) is -0.739. The number of hydrogen-bond donors (Lipinski definition) is 1. The summed E-state index contributed by atoms with van der Waals surface area (Å²) in [4.78, 5) is 16.9. The first kappa shape index (κ1) is 22.5. The molecular formula is C25H26F3N5O. The van der Waals surface area contributed by atoms with E-state index in [9.17, 15) is 18.0 Å². The Morgan fingerprint density at radius 2 is 1.76 bits per heavy atom. The number of amides is 2. The maximum absolute atomic E-state index is 12.8. The van der Waals surface area contributed by atoms with Crippen LogP contribution >= 0.6 is 0 Å². The minimum atomic E-state index is -4.35. The molecular weight excluding hydrogens is 443 g/mol. The molecule has 9 heteroatoms. The van der Waals surface area contributed by atoms with E-state index in [-0.39, 0.29) is 12.1 Å². The van der Waals surface area contributed by atoms with E-state index in [4.69, 9.17) is 0 Å². The Hall–Kier alpha value is -3.33. The predicted molar refractivity (Wildman–Crippen MR) is 123 cm³/mol. The van der Waals surface area contributed by atoms with Gasteiger partial charge in [-0.05, 0) is 61.2 Å². The molecule has 6 nitrogen and oxygen atoms in total. The van der Waals surface area contributed by atoms with Gasteiger partial charge in [0.05, 0.1) is 16.9 Å². The first-order valence-electron chi connectivity index (χ1n) is 11.4. The second-order valence-electron chi connectivity index (χ2n) is 8.97. The number of likely N-dealkylation sites (tertiary alicyclic amines) is 1. The number of urea groups is 1. The number of fused-ring (bicyclic) bond motifs is 1.